The second-order valence-electron chi connectivity index (χ2n) is 5.77. The van der Waals surface area contributed by atoms with Gasteiger partial charge in [0.2, 0.25) is 0 Å². The van der Waals surface area contributed by atoms with Crippen LogP contribution in [0, 0.1) is 5.41 Å². The lowest BCUT2D eigenvalue weighted by atomic mass is 9.77. The molecule has 2 fully saturated rings. The van der Waals surface area contributed by atoms with Crippen LogP contribution in [0.5, 0.6) is 0 Å². The topological polar surface area (TPSA) is 42.1 Å². The van der Waals surface area contributed by atoms with E-state index in [2.05, 4.69) is 9.88 Å². The summed E-state index contributed by atoms with van der Waals surface area (Å²) in [5.74, 6) is 0.902. The second-order valence-corrected chi connectivity index (χ2v) is 6.18. The van der Waals surface area contributed by atoms with Crippen molar-refractivity contribution in [1.29, 1.82) is 0 Å². The van der Waals surface area contributed by atoms with E-state index in [1.54, 1.807) is 12.3 Å². The number of aromatic nitrogens is 1. The molecular weight excluding hydrogens is 246 g/mol. The molecule has 2 heterocycles. The van der Waals surface area contributed by atoms with Gasteiger partial charge >= 0.3 is 0 Å². The molecule has 0 unspecified atom stereocenters. The fourth-order valence-corrected chi connectivity index (χ4v) is 3.79. The monoisotopic (exact) mass is 265 g/mol. The van der Waals surface area contributed by atoms with E-state index in [4.69, 9.17) is 17.3 Å². The zero-order valence-electron chi connectivity index (χ0n) is 10.7. The Balaban J connectivity index is 1.72. The van der Waals surface area contributed by atoms with Crippen molar-refractivity contribution >= 4 is 23.1 Å². The molecule has 3 rings (SSSR count). The van der Waals surface area contributed by atoms with E-state index in [0.717, 1.165) is 18.9 Å². The quantitative estimate of drug-likeness (QED) is 0.845. The van der Waals surface area contributed by atoms with Gasteiger partial charge in [-0.2, -0.15) is 0 Å². The molecule has 3 nitrogen and oxygen atoms in total. The van der Waals surface area contributed by atoms with E-state index in [1.807, 2.05) is 0 Å². The predicted molar refractivity (Wildman–Crippen MR) is 76.0 cm³/mol. The number of hydrogen-bond acceptors (Lipinski definition) is 3. The Hall–Kier alpha value is -0.960. The van der Waals surface area contributed by atoms with Gasteiger partial charge < -0.3 is 10.6 Å². The molecule has 0 radical (unpaired) electrons. The van der Waals surface area contributed by atoms with Crippen molar-refractivity contribution in [2.24, 2.45) is 5.41 Å². The largest absolute Gasteiger partial charge is 0.397 e. The second kappa shape index (κ2) is 4.61. The maximum Gasteiger partial charge on any atom is 0.147 e. The first kappa shape index (κ1) is 12.1. The highest BCUT2D eigenvalue weighted by Crippen LogP contribution is 2.46. The summed E-state index contributed by atoms with van der Waals surface area (Å²) in [4.78, 5) is 6.70. The van der Waals surface area contributed by atoms with Crippen LogP contribution in [-0.4, -0.2) is 18.1 Å². The molecule has 98 valence electrons. The van der Waals surface area contributed by atoms with Crippen molar-refractivity contribution in [3.05, 3.63) is 17.3 Å². The third-order valence-electron chi connectivity index (χ3n) is 4.63. The molecule has 0 aromatic carbocycles. The van der Waals surface area contributed by atoms with Crippen LogP contribution >= 0.6 is 11.6 Å². The van der Waals surface area contributed by atoms with E-state index < -0.39 is 0 Å². The molecular formula is C14H20ClN3. The molecule has 2 N–H and O–H groups in total. The van der Waals surface area contributed by atoms with Crippen molar-refractivity contribution in [2.75, 3.05) is 23.7 Å². The summed E-state index contributed by atoms with van der Waals surface area (Å²) in [5.41, 5.74) is 6.95. The number of halogens is 1. The first-order valence-electron chi connectivity index (χ1n) is 6.85. The van der Waals surface area contributed by atoms with Gasteiger partial charge in [0.15, 0.2) is 0 Å². The van der Waals surface area contributed by atoms with Gasteiger partial charge in [0.1, 0.15) is 5.82 Å². The molecule has 0 atom stereocenters. The summed E-state index contributed by atoms with van der Waals surface area (Å²) < 4.78 is 0. The highest BCUT2D eigenvalue weighted by atomic mass is 35.5. The van der Waals surface area contributed by atoms with Crippen molar-refractivity contribution in [3.63, 3.8) is 0 Å². The number of nitrogen functional groups attached to an aromatic ring is 1. The molecule has 1 aliphatic heterocycles. The summed E-state index contributed by atoms with van der Waals surface area (Å²) >= 11 is 6.23. The SMILES string of the molecule is Nc1cnc(N2CCC3(CCCC3)CC2)c(Cl)c1. The molecule has 1 aliphatic carbocycles. The van der Waals surface area contributed by atoms with Gasteiger partial charge in [0.05, 0.1) is 16.9 Å². The van der Waals surface area contributed by atoms with Crippen molar-refractivity contribution < 1.29 is 0 Å². The summed E-state index contributed by atoms with van der Waals surface area (Å²) in [6, 6.07) is 1.80. The van der Waals surface area contributed by atoms with Crippen LogP contribution in [0.15, 0.2) is 12.3 Å². The Kier molecular flexibility index (Phi) is 3.10. The standard InChI is InChI=1S/C14H20ClN3/c15-12-9-11(16)10-17-13(12)18-7-5-14(6-8-18)3-1-2-4-14/h9-10H,1-8,16H2. The minimum atomic E-state index is 0.632. The highest BCUT2D eigenvalue weighted by molar-refractivity contribution is 6.33. The maximum atomic E-state index is 6.23. The molecule has 18 heavy (non-hydrogen) atoms. The summed E-state index contributed by atoms with van der Waals surface area (Å²) in [6.07, 6.45) is 9.95. The molecule has 1 aromatic rings. The van der Waals surface area contributed by atoms with Crippen LogP contribution in [-0.2, 0) is 0 Å². The van der Waals surface area contributed by atoms with Gasteiger partial charge in [-0.3, -0.25) is 0 Å². The molecule has 2 aliphatic rings. The van der Waals surface area contributed by atoms with Gasteiger partial charge in [-0.25, -0.2) is 4.98 Å². The van der Waals surface area contributed by atoms with E-state index in [9.17, 15) is 0 Å². The maximum absolute atomic E-state index is 6.23. The van der Waals surface area contributed by atoms with Gasteiger partial charge in [0.25, 0.3) is 0 Å². The van der Waals surface area contributed by atoms with Gasteiger partial charge in [-0.1, -0.05) is 24.4 Å². The average molecular weight is 266 g/mol. The van der Waals surface area contributed by atoms with Crippen LogP contribution in [0.3, 0.4) is 0 Å². The number of rotatable bonds is 1. The number of nitrogens with zero attached hydrogens (tertiary/aromatic N) is 2. The zero-order chi connectivity index (χ0) is 12.6. The number of pyridine rings is 1. The van der Waals surface area contributed by atoms with Gasteiger partial charge in [0, 0.05) is 13.1 Å². The molecule has 0 bridgehead atoms. The lowest BCUT2D eigenvalue weighted by Crippen LogP contribution is -2.39. The van der Waals surface area contributed by atoms with Crippen LogP contribution in [0.1, 0.15) is 38.5 Å². The number of hydrogen-bond donors (Lipinski definition) is 1. The lowest BCUT2D eigenvalue weighted by Gasteiger charge is -2.40. The zero-order valence-corrected chi connectivity index (χ0v) is 11.4. The third-order valence-corrected chi connectivity index (χ3v) is 4.91. The Morgan fingerprint density at radius 2 is 1.83 bits per heavy atom. The average Bonchev–Trinajstić information content (AvgIpc) is 2.80. The summed E-state index contributed by atoms with van der Waals surface area (Å²) in [5, 5.41) is 0.678. The first-order chi connectivity index (χ1) is 8.69. The van der Waals surface area contributed by atoms with E-state index >= 15 is 0 Å². The van der Waals surface area contributed by atoms with Gasteiger partial charge in [-0.05, 0) is 37.2 Å². The molecule has 1 saturated carbocycles. The summed E-state index contributed by atoms with van der Waals surface area (Å²) in [7, 11) is 0. The molecule has 0 amide bonds. The number of piperidine rings is 1. The van der Waals surface area contributed by atoms with Crippen molar-refractivity contribution in [2.45, 2.75) is 38.5 Å². The molecule has 1 spiro atoms. The molecule has 1 saturated heterocycles. The normalized spacial score (nSPS) is 22.6. The molecule has 1 aromatic heterocycles. The third kappa shape index (κ3) is 2.16. The van der Waals surface area contributed by atoms with E-state index in [-0.39, 0.29) is 0 Å². The fraction of sp³-hybridized carbons (Fsp3) is 0.643. The van der Waals surface area contributed by atoms with Crippen LogP contribution in [0.25, 0.3) is 0 Å². The lowest BCUT2D eigenvalue weighted by molar-refractivity contribution is 0.226. The van der Waals surface area contributed by atoms with E-state index in [0.29, 0.717) is 16.1 Å². The van der Waals surface area contributed by atoms with Crippen LogP contribution in [0.4, 0.5) is 11.5 Å². The molecule has 4 heteroatoms. The highest BCUT2D eigenvalue weighted by Gasteiger charge is 2.37. The smallest absolute Gasteiger partial charge is 0.147 e. The summed E-state index contributed by atoms with van der Waals surface area (Å²) in [6.45, 7) is 2.16. The van der Waals surface area contributed by atoms with Crippen molar-refractivity contribution in [3.8, 4) is 0 Å². The number of nitrogens with two attached hydrogens (primary N) is 1. The Morgan fingerprint density at radius 1 is 1.17 bits per heavy atom. The minimum absolute atomic E-state index is 0.632. The predicted octanol–water partition coefficient (Wildman–Crippen LogP) is 3.48. The van der Waals surface area contributed by atoms with Crippen LogP contribution < -0.4 is 10.6 Å². The minimum Gasteiger partial charge on any atom is -0.397 e. The van der Waals surface area contributed by atoms with Crippen LogP contribution in [0.2, 0.25) is 5.02 Å². The number of anilines is 2. The Labute approximate surface area is 113 Å². The Bertz CT molecular complexity index is 431. The van der Waals surface area contributed by atoms with E-state index in [1.165, 1.54) is 38.5 Å². The fourth-order valence-electron chi connectivity index (χ4n) is 3.50. The first-order valence-corrected chi connectivity index (χ1v) is 7.22. The van der Waals surface area contributed by atoms with Gasteiger partial charge in [-0.15, -0.1) is 0 Å². The van der Waals surface area contributed by atoms with Crippen molar-refractivity contribution in [1.82, 2.24) is 4.98 Å². The Morgan fingerprint density at radius 3 is 2.44 bits per heavy atom.